The van der Waals surface area contributed by atoms with Crippen LogP contribution in [0.1, 0.15) is 68.0 Å². The second-order valence-corrected chi connectivity index (χ2v) is 7.22. The predicted molar refractivity (Wildman–Crippen MR) is 83.8 cm³/mol. The molecule has 0 spiro atoms. The van der Waals surface area contributed by atoms with Gasteiger partial charge in [-0.1, -0.05) is 20.3 Å². The summed E-state index contributed by atoms with van der Waals surface area (Å²) >= 11 is 1.91. The van der Waals surface area contributed by atoms with E-state index in [9.17, 15) is 0 Å². The predicted octanol–water partition coefficient (Wildman–Crippen LogP) is 4.56. The molecule has 1 aromatic rings. The number of rotatable bonds is 5. The van der Waals surface area contributed by atoms with Gasteiger partial charge in [0, 0.05) is 4.88 Å². The van der Waals surface area contributed by atoms with E-state index < -0.39 is 0 Å². The summed E-state index contributed by atoms with van der Waals surface area (Å²) in [6.45, 7) is 10.0. The fourth-order valence-electron chi connectivity index (χ4n) is 3.09. The minimum atomic E-state index is 0.172. The largest absolute Gasteiger partial charge is 0.305 e. The average molecular weight is 280 g/mol. The molecule has 0 aromatic carbocycles. The Bertz CT molecular complexity index is 383. The first-order chi connectivity index (χ1) is 9.11. The van der Waals surface area contributed by atoms with Gasteiger partial charge in [0.2, 0.25) is 0 Å². The van der Waals surface area contributed by atoms with Crippen LogP contribution in [-0.4, -0.2) is 11.5 Å². The van der Waals surface area contributed by atoms with Crippen molar-refractivity contribution in [2.45, 2.75) is 71.8 Å². The van der Waals surface area contributed by atoms with Crippen molar-refractivity contribution >= 4 is 11.3 Å². The zero-order chi connectivity index (χ0) is 13.9. The molecular formula is C16H28N2S. The topological polar surface area (TPSA) is 24.9 Å². The van der Waals surface area contributed by atoms with E-state index in [1.807, 2.05) is 11.3 Å². The molecule has 2 nitrogen and oxygen atoms in total. The lowest BCUT2D eigenvalue weighted by Gasteiger charge is -2.39. The van der Waals surface area contributed by atoms with Crippen molar-refractivity contribution in [1.29, 1.82) is 0 Å². The van der Waals surface area contributed by atoms with Gasteiger partial charge in [0.1, 0.15) is 5.01 Å². The van der Waals surface area contributed by atoms with Crippen LogP contribution in [-0.2, 0) is 5.54 Å². The summed E-state index contributed by atoms with van der Waals surface area (Å²) < 4.78 is 0. The second kappa shape index (κ2) is 6.36. The fraction of sp³-hybridized carbons (Fsp3) is 0.812. The number of aryl methyl sites for hydroxylation is 2. The molecule has 1 aromatic heterocycles. The number of nitrogens with one attached hydrogen (secondary N) is 1. The van der Waals surface area contributed by atoms with E-state index >= 15 is 0 Å². The summed E-state index contributed by atoms with van der Waals surface area (Å²) in [7, 11) is 0. The van der Waals surface area contributed by atoms with Gasteiger partial charge < -0.3 is 5.32 Å². The molecule has 0 saturated heterocycles. The molecule has 0 aliphatic heterocycles. The molecule has 0 unspecified atom stereocenters. The zero-order valence-corrected chi connectivity index (χ0v) is 13.7. The van der Waals surface area contributed by atoms with Crippen LogP contribution in [0.5, 0.6) is 0 Å². The van der Waals surface area contributed by atoms with Gasteiger partial charge in [-0.25, -0.2) is 4.98 Å². The van der Waals surface area contributed by atoms with Crippen molar-refractivity contribution in [3.63, 3.8) is 0 Å². The molecule has 19 heavy (non-hydrogen) atoms. The van der Waals surface area contributed by atoms with Gasteiger partial charge in [-0.2, -0.15) is 0 Å². The Kier molecular flexibility index (Phi) is 5.02. The first-order valence-corrected chi connectivity index (χ1v) is 8.62. The maximum atomic E-state index is 4.87. The van der Waals surface area contributed by atoms with E-state index in [0.717, 1.165) is 12.5 Å². The van der Waals surface area contributed by atoms with E-state index in [2.05, 4.69) is 33.0 Å². The van der Waals surface area contributed by atoms with E-state index in [4.69, 9.17) is 4.98 Å². The van der Waals surface area contributed by atoms with E-state index in [0.29, 0.717) is 0 Å². The molecule has 0 atom stereocenters. The van der Waals surface area contributed by atoms with Crippen LogP contribution in [0.25, 0.3) is 0 Å². The number of hydrogen-bond acceptors (Lipinski definition) is 3. The molecule has 1 aliphatic carbocycles. The summed E-state index contributed by atoms with van der Waals surface area (Å²) in [6, 6.07) is 0. The van der Waals surface area contributed by atoms with Crippen molar-refractivity contribution in [2.75, 3.05) is 6.54 Å². The minimum Gasteiger partial charge on any atom is -0.305 e. The average Bonchev–Trinajstić information content (AvgIpc) is 2.77. The number of nitrogens with zero attached hydrogens (tertiary/aromatic N) is 1. The number of hydrogen-bond donors (Lipinski definition) is 1. The highest BCUT2D eigenvalue weighted by Gasteiger charge is 2.38. The summed E-state index contributed by atoms with van der Waals surface area (Å²) in [5.74, 6) is 0.929. The van der Waals surface area contributed by atoms with Gasteiger partial charge in [0.05, 0.1) is 11.2 Å². The Labute approximate surface area is 122 Å². The Morgan fingerprint density at radius 3 is 2.42 bits per heavy atom. The van der Waals surface area contributed by atoms with Gasteiger partial charge in [-0.05, 0) is 58.4 Å². The molecule has 1 saturated carbocycles. The first-order valence-electron chi connectivity index (χ1n) is 7.81. The molecule has 1 heterocycles. The van der Waals surface area contributed by atoms with Gasteiger partial charge in [0.15, 0.2) is 0 Å². The molecule has 1 N–H and O–H groups in total. The number of thiazole rings is 1. The fourth-order valence-corrected chi connectivity index (χ4v) is 4.22. The molecule has 1 fully saturated rings. The lowest BCUT2D eigenvalue weighted by Crippen LogP contribution is -2.45. The minimum absolute atomic E-state index is 0.172. The van der Waals surface area contributed by atoms with Crippen molar-refractivity contribution < 1.29 is 0 Å². The zero-order valence-electron chi connectivity index (χ0n) is 12.9. The van der Waals surface area contributed by atoms with Crippen molar-refractivity contribution in [3.05, 3.63) is 15.6 Å². The molecule has 3 heteroatoms. The molecule has 2 rings (SSSR count). The third kappa shape index (κ3) is 3.19. The number of aromatic nitrogens is 1. The van der Waals surface area contributed by atoms with Crippen LogP contribution in [0.15, 0.2) is 0 Å². The third-order valence-corrected chi connectivity index (χ3v) is 5.96. The SMILES string of the molecule is CCCNC1(c2nc(C)c(C)s2)CCC(CC)CC1. The van der Waals surface area contributed by atoms with Gasteiger partial charge >= 0.3 is 0 Å². The summed E-state index contributed by atoms with van der Waals surface area (Å²) in [4.78, 5) is 6.25. The van der Waals surface area contributed by atoms with E-state index in [1.165, 1.54) is 54.1 Å². The highest BCUT2D eigenvalue weighted by atomic mass is 32.1. The van der Waals surface area contributed by atoms with Crippen LogP contribution >= 0.6 is 11.3 Å². The van der Waals surface area contributed by atoms with Gasteiger partial charge in [-0.3, -0.25) is 0 Å². The van der Waals surface area contributed by atoms with Crippen LogP contribution in [0.2, 0.25) is 0 Å². The summed E-state index contributed by atoms with van der Waals surface area (Å²) in [5.41, 5.74) is 1.39. The quantitative estimate of drug-likeness (QED) is 0.855. The lowest BCUT2D eigenvalue weighted by atomic mass is 9.76. The Morgan fingerprint density at radius 1 is 1.26 bits per heavy atom. The Hall–Kier alpha value is -0.410. The van der Waals surface area contributed by atoms with Crippen molar-refractivity contribution in [1.82, 2.24) is 10.3 Å². The normalized spacial score (nSPS) is 27.7. The second-order valence-electron chi connectivity index (χ2n) is 6.02. The van der Waals surface area contributed by atoms with Gasteiger partial charge in [-0.15, -0.1) is 11.3 Å². The molecule has 0 radical (unpaired) electrons. The molecule has 0 bridgehead atoms. The smallest absolute Gasteiger partial charge is 0.113 e. The monoisotopic (exact) mass is 280 g/mol. The molecule has 108 valence electrons. The summed E-state index contributed by atoms with van der Waals surface area (Å²) in [6.07, 6.45) is 7.76. The summed E-state index contributed by atoms with van der Waals surface area (Å²) in [5, 5.41) is 5.17. The van der Waals surface area contributed by atoms with Crippen molar-refractivity contribution in [2.24, 2.45) is 5.92 Å². The highest BCUT2D eigenvalue weighted by molar-refractivity contribution is 7.11. The standard InChI is InChI=1S/C16H28N2S/c1-5-11-17-16(9-7-14(6-2)8-10-16)15-18-12(3)13(4)19-15/h14,17H,5-11H2,1-4H3. The van der Waals surface area contributed by atoms with Crippen LogP contribution < -0.4 is 5.32 Å². The van der Waals surface area contributed by atoms with E-state index in [-0.39, 0.29) is 5.54 Å². The Balaban J connectivity index is 2.20. The van der Waals surface area contributed by atoms with Gasteiger partial charge in [0.25, 0.3) is 0 Å². The molecule has 1 aliphatic rings. The van der Waals surface area contributed by atoms with Crippen molar-refractivity contribution in [3.8, 4) is 0 Å². The maximum Gasteiger partial charge on any atom is 0.113 e. The highest BCUT2D eigenvalue weighted by Crippen LogP contribution is 2.42. The van der Waals surface area contributed by atoms with Crippen LogP contribution in [0.3, 0.4) is 0 Å². The third-order valence-electron chi connectivity index (χ3n) is 4.69. The van der Waals surface area contributed by atoms with Crippen LogP contribution in [0.4, 0.5) is 0 Å². The first kappa shape index (κ1) is 15.0. The lowest BCUT2D eigenvalue weighted by molar-refractivity contribution is 0.185. The Morgan fingerprint density at radius 2 is 1.95 bits per heavy atom. The van der Waals surface area contributed by atoms with Crippen LogP contribution in [0, 0.1) is 19.8 Å². The molecule has 0 amide bonds. The molecular weight excluding hydrogens is 252 g/mol. The maximum absolute atomic E-state index is 4.87. The van der Waals surface area contributed by atoms with E-state index in [1.54, 1.807) is 0 Å².